The molecule has 0 saturated heterocycles. The summed E-state index contributed by atoms with van der Waals surface area (Å²) >= 11 is 0. The second kappa shape index (κ2) is 7.60. The maximum Gasteiger partial charge on any atom is 0.220 e. The first-order valence-electron chi connectivity index (χ1n) is 8.78. The Hall–Kier alpha value is -2.49. The highest BCUT2D eigenvalue weighted by molar-refractivity contribution is 5.76. The molecule has 0 saturated carbocycles. The average molecular weight is 339 g/mol. The van der Waals surface area contributed by atoms with Gasteiger partial charge in [-0.2, -0.15) is 0 Å². The van der Waals surface area contributed by atoms with E-state index in [9.17, 15) is 4.79 Å². The highest BCUT2D eigenvalue weighted by Gasteiger charge is 2.14. The van der Waals surface area contributed by atoms with Crippen LogP contribution in [0.1, 0.15) is 41.6 Å². The summed E-state index contributed by atoms with van der Waals surface area (Å²) in [5.41, 5.74) is 4.66. The van der Waals surface area contributed by atoms with Crippen LogP contribution in [0.15, 0.2) is 36.4 Å². The van der Waals surface area contributed by atoms with Crippen molar-refractivity contribution in [2.75, 3.05) is 13.2 Å². The fraction of sp³-hybridized carbons (Fsp3) is 0.381. The van der Waals surface area contributed by atoms with Crippen molar-refractivity contribution in [2.24, 2.45) is 0 Å². The fourth-order valence-corrected chi connectivity index (χ4v) is 3.12. The molecular weight excluding hydrogens is 314 g/mol. The minimum atomic E-state index is 0.00710. The van der Waals surface area contributed by atoms with E-state index in [0.717, 1.165) is 17.1 Å². The number of carbonyl (C=O) groups is 1. The van der Waals surface area contributed by atoms with Crippen LogP contribution in [0.2, 0.25) is 0 Å². The molecule has 2 aromatic rings. The number of nitrogens with one attached hydrogen (secondary N) is 1. The minimum absolute atomic E-state index is 0.00710. The molecule has 1 atom stereocenters. The Bertz CT molecular complexity index is 770. The Morgan fingerprint density at radius 2 is 1.84 bits per heavy atom. The lowest BCUT2D eigenvalue weighted by Crippen LogP contribution is -2.27. The van der Waals surface area contributed by atoms with E-state index in [1.807, 2.05) is 25.1 Å². The first kappa shape index (κ1) is 17.3. The molecule has 0 aliphatic carbocycles. The lowest BCUT2D eigenvalue weighted by Gasteiger charge is -2.19. The number of hydrogen-bond acceptors (Lipinski definition) is 3. The maximum absolute atomic E-state index is 12.3. The number of rotatable bonds is 5. The Kier molecular flexibility index (Phi) is 5.27. The molecule has 0 aromatic heterocycles. The molecule has 2 aromatic carbocycles. The van der Waals surface area contributed by atoms with Gasteiger partial charge in [-0.15, -0.1) is 0 Å². The minimum Gasteiger partial charge on any atom is -0.486 e. The van der Waals surface area contributed by atoms with Crippen molar-refractivity contribution in [2.45, 2.75) is 39.7 Å². The number of fused-ring (bicyclic) bond motifs is 1. The van der Waals surface area contributed by atoms with Gasteiger partial charge in [0, 0.05) is 6.42 Å². The predicted molar refractivity (Wildman–Crippen MR) is 98.2 cm³/mol. The first-order chi connectivity index (χ1) is 12.0. The molecule has 4 nitrogen and oxygen atoms in total. The molecule has 4 heteroatoms. The summed E-state index contributed by atoms with van der Waals surface area (Å²) in [5, 5.41) is 3.10. The van der Waals surface area contributed by atoms with Crippen molar-refractivity contribution < 1.29 is 14.3 Å². The third-order valence-corrected chi connectivity index (χ3v) is 4.53. The lowest BCUT2D eigenvalue weighted by atomic mass is 9.99. The third kappa shape index (κ3) is 4.32. The summed E-state index contributed by atoms with van der Waals surface area (Å²) in [4.78, 5) is 12.3. The zero-order valence-electron chi connectivity index (χ0n) is 15.1. The molecule has 0 unspecified atom stereocenters. The van der Waals surface area contributed by atoms with Crippen molar-refractivity contribution in [3.8, 4) is 11.5 Å². The molecule has 1 heterocycles. The van der Waals surface area contributed by atoms with Gasteiger partial charge < -0.3 is 14.8 Å². The van der Waals surface area contributed by atoms with Gasteiger partial charge in [-0.05, 0) is 56.0 Å². The van der Waals surface area contributed by atoms with Crippen LogP contribution in [0.25, 0.3) is 0 Å². The molecular formula is C21H25NO3. The summed E-state index contributed by atoms with van der Waals surface area (Å²) in [6, 6.07) is 12.2. The van der Waals surface area contributed by atoms with Crippen molar-refractivity contribution in [1.29, 1.82) is 0 Å². The Morgan fingerprint density at radius 1 is 1.08 bits per heavy atom. The molecule has 1 amide bonds. The quantitative estimate of drug-likeness (QED) is 0.899. The van der Waals surface area contributed by atoms with Gasteiger partial charge in [0.1, 0.15) is 13.2 Å². The third-order valence-electron chi connectivity index (χ3n) is 4.53. The van der Waals surface area contributed by atoms with Gasteiger partial charge in [-0.3, -0.25) is 4.79 Å². The molecule has 1 aliphatic rings. The van der Waals surface area contributed by atoms with Crippen LogP contribution in [0.5, 0.6) is 11.5 Å². The molecule has 0 spiro atoms. The van der Waals surface area contributed by atoms with E-state index in [-0.39, 0.29) is 11.9 Å². The molecule has 25 heavy (non-hydrogen) atoms. The number of benzene rings is 2. The standard InChI is InChI=1S/C21H25NO3/c1-14-4-5-15(2)18(12-14)16(3)22-21(23)9-7-17-6-8-19-20(13-17)25-11-10-24-19/h4-6,8,12-13,16H,7,9-11H2,1-3H3,(H,22,23)/t16-/m1/s1. The van der Waals surface area contributed by atoms with Gasteiger partial charge >= 0.3 is 0 Å². The summed E-state index contributed by atoms with van der Waals surface area (Å²) in [6.07, 6.45) is 1.14. The van der Waals surface area contributed by atoms with E-state index in [2.05, 4.69) is 37.4 Å². The number of hydrogen-bond donors (Lipinski definition) is 1. The van der Waals surface area contributed by atoms with Gasteiger partial charge in [0.2, 0.25) is 5.91 Å². The predicted octanol–water partition coefficient (Wildman–Crippen LogP) is 3.88. The second-order valence-electron chi connectivity index (χ2n) is 6.63. The van der Waals surface area contributed by atoms with Crippen LogP contribution in [0.3, 0.4) is 0 Å². The van der Waals surface area contributed by atoms with Crippen molar-refractivity contribution in [3.63, 3.8) is 0 Å². The number of carbonyl (C=O) groups excluding carboxylic acids is 1. The van der Waals surface area contributed by atoms with Crippen LogP contribution in [0.4, 0.5) is 0 Å². The summed E-state index contributed by atoms with van der Waals surface area (Å²) < 4.78 is 11.1. The number of aryl methyl sites for hydroxylation is 3. The molecule has 3 rings (SSSR count). The largest absolute Gasteiger partial charge is 0.486 e. The smallest absolute Gasteiger partial charge is 0.220 e. The molecule has 1 aliphatic heterocycles. The second-order valence-corrected chi connectivity index (χ2v) is 6.63. The molecule has 1 N–H and O–H groups in total. The summed E-state index contributed by atoms with van der Waals surface area (Å²) in [7, 11) is 0. The van der Waals surface area contributed by atoms with Gasteiger partial charge in [-0.25, -0.2) is 0 Å². The van der Waals surface area contributed by atoms with E-state index in [4.69, 9.17) is 9.47 Å². The van der Waals surface area contributed by atoms with E-state index in [0.29, 0.717) is 26.1 Å². The highest BCUT2D eigenvalue weighted by atomic mass is 16.6. The zero-order chi connectivity index (χ0) is 17.8. The van der Waals surface area contributed by atoms with Gasteiger partial charge in [0.15, 0.2) is 11.5 Å². The summed E-state index contributed by atoms with van der Waals surface area (Å²) in [5.74, 6) is 1.61. The van der Waals surface area contributed by atoms with Crippen LogP contribution in [-0.4, -0.2) is 19.1 Å². The zero-order valence-corrected chi connectivity index (χ0v) is 15.1. The monoisotopic (exact) mass is 339 g/mol. The molecule has 0 bridgehead atoms. The molecule has 0 fully saturated rings. The Labute approximate surface area is 149 Å². The van der Waals surface area contributed by atoms with Crippen LogP contribution in [-0.2, 0) is 11.2 Å². The summed E-state index contributed by atoms with van der Waals surface area (Å²) in [6.45, 7) is 7.34. The lowest BCUT2D eigenvalue weighted by molar-refractivity contribution is -0.121. The molecule has 132 valence electrons. The van der Waals surface area contributed by atoms with E-state index < -0.39 is 0 Å². The van der Waals surface area contributed by atoms with Crippen molar-refractivity contribution >= 4 is 5.91 Å². The highest BCUT2D eigenvalue weighted by Crippen LogP contribution is 2.31. The van der Waals surface area contributed by atoms with E-state index in [1.54, 1.807) is 0 Å². The average Bonchev–Trinajstić information content (AvgIpc) is 2.61. The van der Waals surface area contributed by atoms with Gasteiger partial charge in [-0.1, -0.05) is 29.8 Å². The first-order valence-corrected chi connectivity index (χ1v) is 8.78. The molecule has 0 radical (unpaired) electrons. The topological polar surface area (TPSA) is 47.6 Å². The number of amides is 1. The van der Waals surface area contributed by atoms with Crippen LogP contribution < -0.4 is 14.8 Å². The van der Waals surface area contributed by atoms with Crippen LogP contribution >= 0.6 is 0 Å². The van der Waals surface area contributed by atoms with Gasteiger partial charge in [0.25, 0.3) is 0 Å². The number of ether oxygens (including phenoxy) is 2. The van der Waals surface area contributed by atoms with E-state index >= 15 is 0 Å². The van der Waals surface area contributed by atoms with Crippen molar-refractivity contribution in [3.05, 3.63) is 58.7 Å². The Morgan fingerprint density at radius 3 is 2.64 bits per heavy atom. The fourth-order valence-electron chi connectivity index (χ4n) is 3.12. The normalized spacial score (nSPS) is 14.0. The van der Waals surface area contributed by atoms with Crippen molar-refractivity contribution in [1.82, 2.24) is 5.32 Å². The van der Waals surface area contributed by atoms with Crippen LogP contribution in [0, 0.1) is 13.8 Å². The van der Waals surface area contributed by atoms with Gasteiger partial charge in [0.05, 0.1) is 6.04 Å². The Balaban J connectivity index is 1.56. The van der Waals surface area contributed by atoms with E-state index in [1.165, 1.54) is 16.7 Å². The maximum atomic E-state index is 12.3. The SMILES string of the molecule is Cc1ccc(C)c([C@@H](C)NC(=O)CCc2ccc3c(c2)OCCO3)c1.